The Balaban J connectivity index is 1.65. The Morgan fingerprint density at radius 3 is 2.56 bits per heavy atom. The van der Waals surface area contributed by atoms with Crippen LogP contribution in [-0.4, -0.2) is 34.9 Å². The molecule has 0 saturated carbocycles. The lowest BCUT2D eigenvalue weighted by Crippen LogP contribution is -2.34. The molecule has 1 aliphatic rings. The number of fused-ring (bicyclic) bond motifs is 1. The molecular weight excluding hydrogens is 338 g/mol. The molecule has 0 spiro atoms. The number of thioether (sulfide) groups is 1. The molecule has 0 saturated heterocycles. The first kappa shape index (κ1) is 17.2. The second-order valence-corrected chi connectivity index (χ2v) is 6.63. The van der Waals surface area contributed by atoms with Gasteiger partial charge in [-0.3, -0.25) is 0 Å². The molecule has 3 rings (SSSR count). The zero-order valence-corrected chi connectivity index (χ0v) is 14.6. The molecule has 0 atom stereocenters. The van der Waals surface area contributed by atoms with Crippen LogP contribution >= 0.6 is 11.8 Å². The van der Waals surface area contributed by atoms with Gasteiger partial charge in [0.2, 0.25) is 0 Å². The topological polar surface area (TPSA) is 81.7 Å². The predicted octanol–water partition coefficient (Wildman–Crippen LogP) is 4.09. The van der Waals surface area contributed by atoms with Gasteiger partial charge in [-0.25, -0.2) is 9.59 Å². The number of hydrogen-bond acceptors (Lipinski definition) is 3. The van der Waals surface area contributed by atoms with Crippen LogP contribution in [0.4, 0.5) is 21.0 Å². The summed E-state index contributed by atoms with van der Waals surface area (Å²) < 4.78 is 0. The van der Waals surface area contributed by atoms with Crippen LogP contribution in [0.1, 0.15) is 11.1 Å². The zero-order chi connectivity index (χ0) is 17.8. The van der Waals surface area contributed by atoms with Gasteiger partial charge in [-0.15, -0.1) is 11.8 Å². The van der Waals surface area contributed by atoms with Crippen LogP contribution in [0.25, 0.3) is 0 Å². The molecule has 7 heteroatoms. The van der Waals surface area contributed by atoms with Crippen molar-refractivity contribution in [1.29, 1.82) is 0 Å². The Morgan fingerprint density at radius 2 is 1.84 bits per heavy atom. The number of hydrogen-bond donors (Lipinski definition) is 3. The van der Waals surface area contributed by atoms with Gasteiger partial charge in [0.25, 0.3) is 0 Å². The molecule has 1 heterocycles. The lowest BCUT2D eigenvalue weighted by atomic mass is 9.99. The third-order valence-electron chi connectivity index (χ3n) is 4.07. The van der Waals surface area contributed by atoms with E-state index in [1.165, 1.54) is 4.90 Å². The highest BCUT2D eigenvalue weighted by atomic mass is 32.2. The predicted molar refractivity (Wildman–Crippen MR) is 99.4 cm³/mol. The molecule has 0 aliphatic carbocycles. The van der Waals surface area contributed by atoms with Gasteiger partial charge in [-0.05, 0) is 54.1 Å². The van der Waals surface area contributed by atoms with Crippen molar-refractivity contribution in [2.24, 2.45) is 0 Å². The van der Waals surface area contributed by atoms with Gasteiger partial charge in [0.1, 0.15) is 0 Å². The molecule has 2 aromatic carbocycles. The summed E-state index contributed by atoms with van der Waals surface area (Å²) in [6.07, 6.45) is 1.73. The highest BCUT2D eigenvalue weighted by molar-refractivity contribution is 7.98. The number of benzene rings is 2. The molecule has 0 fully saturated rings. The summed E-state index contributed by atoms with van der Waals surface area (Å²) in [4.78, 5) is 25.7. The number of nitrogens with one attached hydrogen (secondary N) is 2. The van der Waals surface area contributed by atoms with Crippen molar-refractivity contribution in [3.63, 3.8) is 0 Å². The van der Waals surface area contributed by atoms with Gasteiger partial charge >= 0.3 is 12.1 Å². The Kier molecular flexibility index (Phi) is 5.14. The van der Waals surface area contributed by atoms with E-state index in [9.17, 15) is 9.59 Å². The third-order valence-corrected chi connectivity index (χ3v) is 4.80. The maximum Gasteiger partial charge on any atom is 0.407 e. The van der Waals surface area contributed by atoms with Crippen LogP contribution in [0.2, 0.25) is 0 Å². The van der Waals surface area contributed by atoms with Crippen LogP contribution in [0.5, 0.6) is 0 Å². The number of carbonyl (C=O) groups excluding carboxylic acids is 1. The molecule has 0 aromatic heterocycles. The van der Waals surface area contributed by atoms with E-state index in [1.807, 2.05) is 42.7 Å². The molecule has 0 unspecified atom stereocenters. The molecule has 3 N–H and O–H groups in total. The van der Waals surface area contributed by atoms with Crippen molar-refractivity contribution < 1.29 is 14.7 Å². The smallest absolute Gasteiger partial charge is 0.407 e. The Bertz CT molecular complexity index is 810. The summed E-state index contributed by atoms with van der Waals surface area (Å²) >= 11 is 1.61. The average Bonchev–Trinajstić information content (AvgIpc) is 2.61. The van der Waals surface area contributed by atoms with Gasteiger partial charge in [0, 0.05) is 29.4 Å². The van der Waals surface area contributed by atoms with Crippen molar-refractivity contribution >= 4 is 35.3 Å². The second kappa shape index (κ2) is 7.48. The van der Waals surface area contributed by atoms with Gasteiger partial charge < -0.3 is 20.6 Å². The number of carbonyl (C=O) groups is 2. The van der Waals surface area contributed by atoms with Gasteiger partial charge in [-0.1, -0.05) is 12.1 Å². The van der Waals surface area contributed by atoms with E-state index < -0.39 is 6.09 Å². The van der Waals surface area contributed by atoms with Crippen molar-refractivity contribution in [3.8, 4) is 0 Å². The average molecular weight is 357 g/mol. The van der Waals surface area contributed by atoms with Crippen LogP contribution < -0.4 is 10.6 Å². The van der Waals surface area contributed by atoms with E-state index in [2.05, 4.69) is 10.6 Å². The molecule has 1 aliphatic heterocycles. The van der Waals surface area contributed by atoms with Gasteiger partial charge in [0.05, 0.1) is 0 Å². The number of amides is 3. The van der Waals surface area contributed by atoms with Crippen molar-refractivity contribution in [1.82, 2.24) is 4.90 Å². The number of nitrogens with zero attached hydrogens (tertiary/aromatic N) is 1. The minimum absolute atomic E-state index is 0.304. The fraction of sp³-hybridized carbons (Fsp3) is 0.222. The monoisotopic (exact) mass is 357 g/mol. The van der Waals surface area contributed by atoms with E-state index in [-0.39, 0.29) is 6.03 Å². The lowest BCUT2D eigenvalue weighted by molar-refractivity contribution is 0.140. The fourth-order valence-electron chi connectivity index (χ4n) is 2.79. The van der Waals surface area contributed by atoms with Crippen molar-refractivity contribution in [3.05, 3.63) is 53.6 Å². The Morgan fingerprint density at radius 1 is 1.08 bits per heavy atom. The number of urea groups is 1. The molecule has 0 radical (unpaired) electrons. The molecule has 130 valence electrons. The zero-order valence-electron chi connectivity index (χ0n) is 13.8. The first-order chi connectivity index (χ1) is 12.0. The SMILES string of the molecule is CSc1cccc(NC(=O)Nc2ccc3c(c2)CCN(C(=O)O)C3)c1. The molecular formula is C18H19N3O3S. The molecule has 2 aromatic rings. The first-order valence-corrected chi connectivity index (χ1v) is 9.09. The standard InChI is InChI=1S/C18H19N3O3S/c1-25-16-4-2-3-14(10-16)19-17(22)20-15-6-5-13-11-21(18(23)24)8-7-12(13)9-15/h2-6,9-10H,7-8,11H2,1H3,(H,23,24)(H2,19,20,22). The minimum atomic E-state index is -0.903. The van der Waals surface area contributed by atoms with E-state index in [0.717, 1.165) is 21.7 Å². The van der Waals surface area contributed by atoms with E-state index in [0.29, 0.717) is 25.2 Å². The third kappa shape index (κ3) is 4.24. The number of carboxylic acid groups (broad SMARTS) is 1. The molecule has 25 heavy (non-hydrogen) atoms. The van der Waals surface area contributed by atoms with Crippen LogP contribution in [0.15, 0.2) is 47.4 Å². The van der Waals surface area contributed by atoms with Gasteiger partial charge in [0.15, 0.2) is 0 Å². The molecule has 0 bridgehead atoms. The van der Waals surface area contributed by atoms with E-state index >= 15 is 0 Å². The van der Waals surface area contributed by atoms with Crippen LogP contribution in [0.3, 0.4) is 0 Å². The number of rotatable bonds is 3. The quantitative estimate of drug-likeness (QED) is 0.723. The highest BCUT2D eigenvalue weighted by Gasteiger charge is 2.20. The maximum absolute atomic E-state index is 12.2. The summed E-state index contributed by atoms with van der Waals surface area (Å²) in [6, 6.07) is 12.9. The summed E-state index contributed by atoms with van der Waals surface area (Å²) in [7, 11) is 0. The normalized spacial score (nSPS) is 13.1. The highest BCUT2D eigenvalue weighted by Crippen LogP contribution is 2.23. The largest absolute Gasteiger partial charge is 0.465 e. The molecule has 6 nitrogen and oxygen atoms in total. The van der Waals surface area contributed by atoms with Gasteiger partial charge in [-0.2, -0.15) is 0 Å². The molecule has 3 amide bonds. The fourth-order valence-corrected chi connectivity index (χ4v) is 3.25. The summed E-state index contributed by atoms with van der Waals surface area (Å²) in [5.41, 5.74) is 3.48. The lowest BCUT2D eigenvalue weighted by Gasteiger charge is -2.26. The Labute approximate surface area is 150 Å². The van der Waals surface area contributed by atoms with Crippen molar-refractivity contribution in [2.45, 2.75) is 17.9 Å². The van der Waals surface area contributed by atoms with Crippen LogP contribution in [-0.2, 0) is 13.0 Å². The van der Waals surface area contributed by atoms with Crippen LogP contribution in [0, 0.1) is 0 Å². The second-order valence-electron chi connectivity index (χ2n) is 5.75. The summed E-state index contributed by atoms with van der Waals surface area (Å²) in [5.74, 6) is 0. The van der Waals surface area contributed by atoms with E-state index in [1.54, 1.807) is 17.8 Å². The minimum Gasteiger partial charge on any atom is -0.465 e. The number of anilines is 2. The maximum atomic E-state index is 12.2. The Hall–Kier alpha value is -2.67. The summed E-state index contributed by atoms with van der Waals surface area (Å²) in [5, 5.41) is 14.7. The first-order valence-electron chi connectivity index (χ1n) is 7.87. The van der Waals surface area contributed by atoms with Crippen molar-refractivity contribution in [2.75, 3.05) is 23.4 Å². The summed E-state index contributed by atoms with van der Waals surface area (Å²) in [6.45, 7) is 0.859. The van der Waals surface area contributed by atoms with E-state index in [4.69, 9.17) is 5.11 Å².